The minimum atomic E-state index is -1.64. The fourth-order valence-electron chi connectivity index (χ4n) is 3.10. The monoisotopic (exact) mass is 396 g/mol. The maximum atomic E-state index is 12.6. The summed E-state index contributed by atoms with van der Waals surface area (Å²) in [6.07, 6.45) is 0.429. The highest BCUT2D eigenvalue weighted by Crippen LogP contribution is 2.19. The molecule has 6 nitrogen and oxygen atoms in total. The Hall–Kier alpha value is -2.64. The summed E-state index contributed by atoms with van der Waals surface area (Å²) in [7, 11) is -1.64. The lowest BCUT2D eigenvalue weighted by atomic mass is 9.75. The molecule has 2 rings (SSSR count). The van der Waals surface area contributed by atoms with Gasteiger partial charge in [-0.05, 0) is 37.0 Å². The van der Waals surface area contributed by atoms with E-state index in [2.05, 4.69) is 10.6 Å². The Kier molecular flexibility index (Phi) is 8.42. The van der Waals surface area contributed by atoms with Crippen molar-refractivity contribution in [1.29, 1.82) is 0 Å². The Morgan fingerprint density at radius 3 is 2.14 bits per heavy atom. The molecule has 2 atom stereocenters. The van der Waals surface area contributed by atoms with Gasteiger partial charge in [-0.3, -0.25) is 9.59 Å². The van der Waals surface area contributed by atoms with Crippen LogP contribution in [0.25, 0.3) is 0 Å². The Labute approximate surface area is 172 Å². The highest BCUT2D eigenvalue weighted by atomic mass is 16.4. The van der Waals surface area contributed by atoms with Gasteiger partial charge in [0.15, 0.2) is 0 Å². The van der Waals surface area contributed by atoms with Crippen LogP contribution < -0.4 is 10.6 Å². The van der Waals surface area contributed by atoms with Crippen LogP contribution in [0, 0.1) is 12.8 Å². The number of carbonyl (C=O) groups excluding carboxylic acids is 2. The zero-order valence-electron chi connectivity index (χ0n) is 17.1. The van der Waals surface area contributed by atoms with Crippen molar-refractivity contribution in [3.63, 3.8) is 0 Å². The van der Waals surface area contributed by atoms with Crippen molar-refractivity contribution >= 4 is 18.9 Å². The second-order valence-electron chi connectivity index (χ2n) is 7.72. The van der Waals surface area contributed by atoms with Gasteiger partial charge >= 0.3 is 7.12 Å². The smallest absolute Gasteiger partial charge is 0.426 e. The highest BCUT2D eigenvalue weighted by Gasteiger charge is 2.27. The molecule has 0 bridgehead atoms. The van der Waals surface area contributed by atoms with Crippen molar-refractivity contribution in [3.05, 3.63) is 71.3 Å². The Morgan fingerprint density at radius 2 is 1.59 bits per heavy atom. The molecule has 0 aliphatic carbocycles. The minimum Gasteiger partial charge on any atom is -0.426 e. The van der Waals surface area contributed by atoms with E-state index in [4.69, 9.17) is 0 Å². The molecule has 0 radical (unpaired) electrons. The van der Waals surface area contributed by atoms with Crippen LogP contribution in [0.1, 0.15) is 54.2 Å². The van der Waals surface area contributed by atoms with Crippen LogP contribution in [0.15, 0.2) is 54.6 Å². The molecular formula is C22H29BN2O4. The molecule has 154 valence electrons. The molecule has 2 aromatic rings. The number of hydrogen-bond donors (Lipinski definition) is 4. The van der Waals surface area contributed by atoms with Gasteiger partial charge in [0.1, 0.15) is 0 Å². The summed E-state index contributed by atoms with van der Waals surface area (Å²) >= 11 is 0. The van der Waals surface area contributed by atoms with E-state index in [0.717, 1.165) is 11.1 Å². The molecule has 0 spiro atoms. The molecule has 0 saturated carbocycles. The second kappa shape index (κ2) is 10.8. The number of aryl methyl sites for hydroxylation is 1. The molecule has 0 aliphatic heterocycles. The molecule has 29 heavy (non-hydrogen) atoms. The van der Waals surface area contributed by atoms with Crippen LogP contribution in [-0.2, 0) is 4.79 Å². The lowest BCUT2D eigenvalue weighted by Crippen LogP contribution is -2.48. The van der Waals surface area contributed by atoms with Crippen molar-refractivity contribution in [2.45, 2.75) is 45.6 Å². The van der Waals surface area contributed by atoms with E-state index in [-0.39, 0.29) is 24.2 Å². The van der Waals surface area contributed by atoms with Gasteiger partial charge in [-0.25, -0.2) is 0 Å². The third-order valence-corrected chi connectivity index (χ3v) is 4.64. The minimum absolute atomic E-state index is 0.0110. The summed E-state index contributed by atoms with van der Waals surface area (Å²) in [4.78, 5) is 25.3. The van der Waals surface area contributed by atoms with E-state index in [0.29, 0.717) is 12.0 Å². The second-order valence-corrected chi connectivity index (χ2v) is 7.72. The topological polar surface area (TPSA) is 98.7 Å². The SMILES string of the molecule is Cc1ccc(C(CC(=O)NC(CC(C)C)B(O)O)NC(=O)c2ccccc2)cc1. The molecule has 2 amide bonds. The first kappa shape index (κ1) is 22.7. The molecule has 0 saturated heterocycles. The normalized spacial score (nSPS) is 12.9. The van der Waals surface area contributed by atoms with Crippen LogP contribution in [-0.4, -0.2) is 34.9 Å². The summed E-state index contributed by atoms with van der Waals surface area (Å²) in [5.74, 6) is -1.20. The molecular weight excluding hydrogens is 367 g/mol. The third-order valence-electron chi connectivity index (χ3n) is 4.64. The van der Waals surface area contributed by atoms with Crippen LogP contribution in [0.3, 0.4) is 0 Å². The summed E-state index contributed by atoms with van der Waals surface area (Å²) < 4.78 is 0. The van der Waals surface area contributed by atoms with Crippen molar-refractivity contribution in [3.8, 4) is 0 Å². The van der Waals surface area contributed by atoms with Gasteiger partial charge in [-0.1, -0.05) is 61.9 Å². The number of carbonyl (C=O) groups is 2. The van der Waals surface area contributed by atoms with Crippen molar-refractivity contribution < 1.29 is 19.6 Å². The maximum absolute atomic E-state index is 12.6. The number of hydrogen-bond acceptors (Lipinski definition) is 4. The predicted molar refractivity (Wildman–Crippen MR) is 114 cm³/mol. The standard InChI is InChI=1S/C22H29BN2O4/c1-15(2)13-20(23(28)29)25-21(26)14-19(17-11-9-16(3)10-12-17)24-22(27)18-7-5-4-6-8-18/h4-12,15,19-20,28-29H,13-14H2,1-3H3,(H,24,27)(H,25,26). The van der Waals surface area contributed by atoms with E-state index in [1.807, 2.05) is 51.1 Å². The maximum Gasteiger partial charge on any atom is 0.475 e. The third kappa shape index (κ3) is 7.36. The zero-order valence-corrected chi connectivity index (χ0v) is 17.1. The lowest BCUT2D eigenvalue weighted by molar-refractivity contribution is -0.122. The number of nitrogens with one attached hydrogen (secondary N) is 2. The molecule has 0 fully saturated rings. The Bertz CT molecular complexity index is 794. The molecule has 2 unspecified atom stereocenters. The van der Waals surface area contributed by atoms with Gasteiger partial charge in [-0.15, -0.1) is 0 Å². The highest BCUT2D eigenvalue weighted by molar-refractivity contribution is 6.43. The van der Waals surface area contributed by atoms with E-state index in [9.17, 15) is 19.6 Å². The predicted octanol–water partition coefficient (Wildman–Crippen LogP) is 2.40. The van der Waals surface area contributed by atoms with Crippen LogP contribution in [0.5, 0.6) is 0 Å². The first-order valence-electron chi connectivity index (χ1n) is 9.84. The van der Waals surface area contributed by atoms with Gasteiger partial charge in [0, 0.05) is 5.56 Å². The molecule has 0 aromatic heterocycles. The number of rotatable bonds is 9. The van der Waals surface area contributed by atoms with E-state index in [1.54, 1.807) is 24.3 Å². The largest absolute Gasteiger partial charge is 0.475 e. The summed E-state index contributed by atoms with van der Waals surface area (Å²) in [5.41, 5.74) is 2.39. The number of benzene rings is 2. The first-order chi connectivity index (χ1) is 13.8. The van der Waals surface area contributed by atoms with E-state index < -0.39 is 19.1 Å². The van der Waals surface area contributed by atoms with Gasteiger partial charge in [0.2, 0.25) is 5.91 Å². The van der Waals surface area contributed by atoms with Gasteiger partial charge < -0.3 is 20.7 Å². The summed E-state index contributed by atoms with van der Waals surface area (Å²) in [6.45, 7) is 5.85. The molecule has 2 aromatic carbocycles. The van der Waals surface area contributed by atoms with Crippen molar-refractivity contribution in [2.75, 3.05) is 0 Å². The molecule has 7 heteroatoms. The lowest BCUT2D eigenvalue weighted by Gasteiger charge is -2.23. The van der Waals surface area contributed by atoms with Crippen molar-refractivity contribution in [1.82, 2.24) is 10.6 Å². The van der Waals surface area contributed by atoms with E-state index in [1.165, 1.54) is 0 Å². The van der Waals surface area contributed by atoms with Gasteiger partial charge in [-0.2, -0.15) is 0 Å². The average molecular weight is 396 g/mol. The van der Waals surface area contributed by atoms with Crippen LogP contribution >= 0.6 is 0 Å². The fraction of sp³-hybridized carbons (Fsp3) is 0.364. The Balaban J connectivity index is 2.15. The van der Waals surface area contributed by atoms with Crippen molar-refractivity contribution in [2.24, 2.45) is 5.92 Å². The van der Waals surface area contributed by atoms with E-state index >= 15 is 0 Å². The summed E-state index contributed by atoms with van der Waals surface area (Å²) in [5, 5.41) is 24.7. The van der Waals surface area contributed by atoms with Crippen LogP contribution in [0.4, 0.5) is 0 Å². The molecule has 0 aliphatic rings. The van der Waals surface area contributed by atoms with Gasteiger partial charge in [0.05, 0.1) is 18.4 Å². The van der Waals surface area contributed by atoms with Crippen LogP contribution in [0.2, 0.25) is 0 Å². The van der Waals surface area contributed by atoms with Gasteiger partial charge in [0.25, 0.3) is 5.91 Å². The Morgan fingerprint density at radius 1 is 0.966 bits per heavy atom. The fourth-order valence-corrected chi connectivity index (χ4v) is 3.10. The average Bonchev–Trinajstić information content (AvgIpc) is 2.67. The molecule has 4 N–H and O–H groups in total. The quantitative estimate of drug-likeness (QED) is 0.489. The zero-order chi connectivity index (χ0) is 21.4. The first-order valence-corrected chi connectivity index (χ1v) is 9.84. The number of amides is 2. The molecule has 0 heterocycles. The summed E-state index contributed by atoms with van der Waals surface area (Å²) in [6, 6.07) is 15.9.